The number of carbonyl (C=O) groups excluding carboxylic acids is 1. The maximum Gasteiger partial charge on any atom is 0.161 e. The number of carbonyl (C=O) groups is 1. The molecular weight excluding hydrogens is 206 g/mol. The van der Waals surface area contributed by atoms with Gasteiger partial charge in [-0.1, -0.05) is 6.92 Å². The van der Waals surface area contributed by atoms with E-state index in [1.165, 1.54) is 0 Å². The second kappa shape index (κ2) is 4.43. The standard InChI is InChI=1S/C12H21NO3/c1-3-10-6-9-4-5-13(10)12(7-14,8-16-2)11(9)15/h9-10,14H,3-8H2,1-2H3/t9-,10-,12+/m1/s1. The largest absolute Gasteiger partial charge is 0.394 e. The Morgan fingerprint density at radius 1 is 1.62 bits per heavy atom. The van der Waals surface area contributed by atoms with Crippen LogP contribution in [-0.2, 0) is 9.53 Å². The second-order valence-electron chi connectivity index (χ2n) is 4.96. The van der Waals surface area contributed by atoms with Gasteiger partial charge in [-0.15, -0.1) is 0 Å². The summed E-state index contributed by atoms with van der Waals surface area (Å²) in [6, 6.07) is 0.429. The normalized spacial score (nSPS) is 42.7. The Kier molecular flexibility index (Phi) is 3.33. The molecule has 0 aromatic carbocycles. The molecule has 4 nitrogen and oxygen atoms in total. The highest BCUT2D eigenvalue weighted by molar-refractivity contribution is 5.92. The van der Waals surface area contributed by atoms with Gasteiger partial charge in [0, 0.05) is 25.6 Å². The van der Waals surface area contributed by atoms with E-state index in [-0.39, 0.29) is 18.3 Å². The number of hydrogen-bond donors (Lipinski definition) is 1. The lowest BCUT2D eigenvalue weighted by Gasteiger charge is -2.55. The molecule has 3 aliphatic rings. The highest BCUT2D eigenvalue weighted by atomic mass is 16.5. The molecule has 4 atom stereocenters. The van der Waals surface area contributed by atoms with Crippen molar-refractivity contribution < 1.29 is 14.6 Å². The molecule has 4 heteroatoms. The number of methoxy groups -OCH3 is 1. The predicted molar refractivity (Wildman–Crippen MR) is 60.2 cm³/mol. The van der Waals surface area contributed by atoms with Crippen LogP contribution in [0, 0.1) is 5.92 Å². The third-order valence-corrected chi connectivity index (χ3v) is 4.21. The van der Waals surface area contributed by atoms with Crippen molar-refractivity contribution in [1.82, 2.24) is 4.90 Å². The number of nitrogens with zero attached hydrogens (tertiary/aromatic N) is 1. The summed E-state index contributed by atoms with van der Waals surface area (Å²) < 4.78 is 5.17. The third-order valence-electron chi connectivity index (χ3n) is 4.21. The van der Waals surface area contributed by atoms with Gasteiger partial charge < -0.3 is 9.84 Å². The first kappa shape index (κ1) is 12.0. The van der Waals surface area contributed by atoms with Crippen LogP contribution < -0.4 is 0 Å². The summed E-state index contributed by atoms with van der Waals surface area (Å²) in [4.78, 5) is 14.5. The minimum atomic E-state index is -0.753. The van der Waals surface area contributed by atoms with Crippen LogP contribution >= 0.6 is 0 Å². The van der Waals surface area contributed by atoms with E-state index in [0.717, 1.165) is 25.8 Å². The monoisotopic (exact) mass is 227 g/mol. The second-order valence-corrected chi connectivity index (χ2v) is 4.96. The van der Waals surface area contributed by atoms with Crippen LogP contribution in [0.3, 0.4) is 0 Å². The van der Waals surface area contributed by atoms with E-state index in [2.05, 4.69) is 11.8 Å². The zero-order valence-electron chi connectivity index (χ0n) is 10.1. The average molecular weight is 227 g/mol. The Bertz CT molecular complexity index is 281. The fraction of sp³-hybridized carbons (Fsp3) is 0.917. The van der Waals surface area contributed by atoms with Crippen LogP contribution in [0.2, 0.25) is 0 Å². The summed E-state index contributed by atoms with van der Waals surface area (Å²) in [5.41, 5.74) is -0.753. The molecule has 3 saturated heterocycles. The summed E-state index contributed by atoms with van der Waals surface area (Å²) in [5.74, 6) is 0.324. The van der Waals surface area contributed by atoms with E-state index in [1.807, 2.05) is 0 Å². The number of aliphatic hydroxyl groups is 1. The Balaban J connectivity index is 2.31. The molecule has 3 rings (SSSR count). The molecule has 0 radical (unpaired) electrons. The van der Waals surface area contributed by atoms with Gasteiger partial charge in [-0.3, -0.25) is 9.69 Å². The fourth-order valence-corrected chi connectivity index (χ4v) is 3.37. The van der Waals surface area contributed by atoms with Crippen molar-refractivity contribution in [3.05, 3.63) is 0 Å². The van der Waals surface area contributed by atoms with E-state index < -0.39 is 5.54 Å². The van der Waals surface area contributed by atoms with Gasteiger partial charge in [-0.25, -0.2) is 0 Å². The minimum Gasteiger partial charge on any atom is -0.394 e. The molecule has 0 aliphatic carbocycles. The Labute approximate surface area is 96.6 Å². The molecule has 0 spiro atoms. The van der Waals surface area contributed by atoms with E-state index in [0.29, 0.717) is 12.6 Å². The van der Waals surface area contributed by atoms with Gasteiger partial charge in [-0.2, -0.15) is 0 Å². The van der Waals surface area contributed by atoms with Crippen molar-refractivity contribution in [3.8, 4) is 0 Å². The number of ketones is 1. The van der Waals surface area contributed by atoms with Crippen LogP contribution in [0.4, 0.5) is 0 Å². The zero-order chi connectivity index (χ0) is 11.8. The lowest BCUT2D eigenvalue weighted by molar-refractivity contribution is -0.166. The van der Waals surface area contributed by atoms with Crippen LogP contribution in [-0.4, -0.2) is 54.2 Å². The van der Waals surface area contributed by atoms with E-state index in [4.69, 9.17) is 4.74 Å². The topological polar surface area (TPSA) is 49.8 Å². The number of hydrogen-bond acceptors (Lipinski definition) is 4. The van der Waals surface area contributed by atoms with Gasteiger partial charge in [0.25, 0.3) is 0 Å². The van der Waals surface area contributed by atoms with Crippen LogP contribution in [0.5, 0.6) is 0 Å². The van der Waals surface area contributed by atoms with Crippen molar-refractivity contribution in [3.63, 3.8) is 0 Å². The summed E-state index contributed by atoms with van der Waals surface area (Å²) in [6.07, 6.45) is 2.94. The summed E-state index contributed by atoms with van der Waals surface area (Å²) in [5, 5.41) is 9.64. The lowest BCUT2D eigenvalue weighted by atomic mass is 9.70. The quantitative estimate of drug-likeness (QED) is 0.757. The number of piperidine rings is 3. The highest BCUT2D eigenvalue weighted by Gasteiger charge is 2.55. The van der Waals surface area contributed by atoms with Crippen molar-refractivity contribution >= 4 is 5.78 Å². The third kappa shape index (κ3) is 1.51. The first-order valence-corrected chi connectivity index (χ1v) is 6.10. The number of Topliss-reactive ketones (excluding diaryl/α,β-unsaturated/α-hetero) is 1. The summed E-state index contributed by atoms with van der Waals surface area (Å²) in [7, 11) is 1.59. The number of fused-ring (bicyclic) bond motifs is 3. The highest BCUT2D eigenvalue weighted by Crippen LogP contribution is 2.40. The van der Waals surface area contributed by atoms with Gasteiger partial charge in [0.1, 0.15) is 5.54 Å². The molecule has 0 aromatic rings. The fourth-order valence-electron chi connectivity index (χ4n) is 3.37. The first-order valence-electron chi connectivity index (χ1n) is 6.10. The molecule has 3 fully saturated rings. The van der Waals surface area contributed by atoms with Gasteiger partial charge in [0.15, 0.2) is 5.78 Å². The van der Waals surface area contributed by atoms with Gasteiger partial charge in [0.05, 0.1) is 13.2 Å². The van der Waals surface area contributed by atoms with Crippen molar-refractivity contribution in [2.24, 2.45) is 5.92 Å². The van der Waals surface area contributed by atoms with Gasteiger partial charge in [0.2, 0.25) is 0 Å². The molecule has 0 saturated carbocycles. The Morgan fingerprint density at radius 2 is 2.38 bits per heavy atom. The molecular formula is C12H21NO3. The smallest absolute Gasteiger partial charge is 0.161 e. The Hall–Kier alpha value is -0.450. The van der Waals surface area contributed by atoms with E-state index in [1.54, 1.807) is 7.11 Å². The maximum atomic E-state index is 12.3. The van der Waals surface area contributed by atoms with Crippen molar-refractivity contribution in [1.29, 1.82) is 0 Å². The average Bonchev–Trinajstić information content (AvgIpc) is 2.33. The van der Waals surface area contributed by atoms with E-state index in [9.17, 15) is 9.90 Å². The van der Waals surface area contributed by atoms with E-state index >= 15 is 0 Å². The molecule has 16 heavy (non-hydrogen) atoms. The van der Waals surface area contributed by atoms with Gasteiger partial charge >= 0.3 is 0 Å². The van der Waals surface area contributed by atoms with Crippen LogP contribution in [0.1, 0.15) is 26.2 Å². The molecule has 2 bridgehead atoms. The number of rotatable bonds is 4. The molecule has 1 N–H and O–H groups in total. The first-order chi connectivity index (χ1) is 7.69. The summed E-state index contributed by atoms with van der Waals surface area (Å²) >= 11 is 0. The maximum absolute atomic E-state index is 12.3. The zero-order valence-corrected chi connectivity index (χ0v) is 10.1. The van der Waals surface area contributed by atoms with Crippen molar-refractivity contribution in [2.45, 2.75) is 37.8 Å². The molecule has 3 heterocycles. The molecule has 1 unspecified atom stereocenters. The van der Waals surface area contributed by atoms with Gasteiger partial charge in [-0.05, 0) is 19.3 Å². The van der Waals surface area contributed by atoms with Crippen molar-refractivity contribution in [2.75, 3.05) is 26.9 Å². The lowest BCUT2D eigenvalue weighted by Crippen LogP contribution is -2.71. The molecule has 3 aliphatic heterocycles. The molecule has 0 amide bonds. The SMILES string of the molecule is CC[C@@H]1C[C@H]2CCN1[C@@](CO)(COC)C2=O. The molecule has 92 valence electrons. The predicted octanol–water partition coefficient (Wildman–Crippen LogP) is 0.437. The minimum absolute atomic E-state index is 0.118. The Morgan fingerprint density at radius 3 is 2.94 bits per heavy atom. The summed E-state index contributed by atoms with van der Waals surface area (Å²) in [6.45, 7) is 3.26. The number of aliphatic hydroxyl groups excluding tert-OH is 1. The van der Waals surface area contributed by atoms with Crippen LogP contribution in [0.15, 0.2) is 0 Å². The van der Waals surface area contributed by atoms with Crippen LogP contribution in [0.25, 0.3) is 0 Å². The number of ether oxygens (including phenoxy) is 1. The molecule has 0 aromatic heterocycles.